The number of rotatable bonds is 2. The van der Waals surface area contributed by atoms with Crippen LogP contribution in [0.3, 0.4) is 0 Å². The first-order chi connectivity index (χ1) is 7.72. The van der Waals surface area contributed by atoms with Gasteiger partial charge in [-0.05, 0) is 12.0 Å². The second kappa shape index (κ2) is 4.18. The van der Waals surface area contributed by atoms with E-state index in [2.05, 4.69) is 5.10 Å². The summed E-state index contributed by atoms with van der Waals surface area (Å²) in [7, 11) is 0. The van der Waals surface area contributed by atoms with Crippen molar-refractivity contribution in [1.82, 2.24) is 9.78 Å². The summed E-state index contributed by atoms with van der Waals surface area (Å²) in [6.07, 6.45) is 2.50. The lowest BCUT2D eigenvalue weighted by molar-refractivity contribution is 0.247. The number of carbonyl (C=O) groups excluding carboxylic acids is 1. The molecule has 16 heavy (non-hydrogen) atoms. The summed E-state index contributed by atoms with van der Waals surface area (Å²) >= 11 is 0. The number of benzene rings is 1. The molecule has 2 aromatic rings. The van der Waals surface area contributed by atoms with Crippen LogP contribution in [0.4, 0.5) is 4.79 Å². The van der Waals surface area contributed by atoms with E-state index in [0.29, 0.717) is 0 Å². The minimum absolute atomic E-state index is 0.558. The highest BCUT2D eigenvalue weighted by atomic mass is 16.2. The molecule has 0 aliphatic heterocycles. The predicted octanol–water partition coefficient (Wildman–Crippen LogP) is 2.04. The molecule has 82 valence electrons. The van der Waals surface area contributed by atoms with Crippen LogP contribution < -0.4 is 5.73 Å². The highest BCUT2D eigenvalue weighted by Gasteiger charge is 2.11. The third-order valence-electron chi connectivity index (χ3n) is 2.44. The number of hydrogen-bond acceptors (Lipinski definition) is 2. The fourth-order valence-electron chi connectivity index (χ4n) is 1.62. The monoisotopic (exact) mass is 215 g/mol. The maximum atomic E-state index is 11.0. The Hall–Kier alpha value is -2.10. The van der Waals surface area contributed by atoms with Crippen LogP contribution in [0.5, 0.6) is 0 Å². The van der Waals surface area contributed by atoms with E-state index in [-0.39, 0.29) is 0 Å². The summed E-state index contributed by atoms with van der Waals surface area (Å²) in [5, 5.41) is 4.19. The number of nitrogens with two attached hydrogens (primary N) is 1. The van der Waals surface area contributed by atoms with E-state index in [4.69, 9.17) is 5.73 Å². The molecular formula is C12H13N3O. The third-order valence-corrected chi connectivity index (χ3v) is 2.44. The summed E-state index contributed by atoms with van der Waals surface area (Å²) in [6, 6.07) is 9.20. The molecule has 0 spiro atoms. The van der Waals surface area contributed by atoms with Crippen LogP contribution >= 0.6 is 0 Å². The van der Waals surface area contributed by atoms with E-state index in [1.807, 2.05) is 37.3 Å². The van der Waals surface area contributed by atoms with Gasteiger partial charge in [-0.2, -0.15) is 9.78 Å². The van der Waals surface area contributed by atoms with Crippen molar-refractivity contribution in [3.05, 3.63) is 42.1 Å². The van der Waals surface area contributed by atoms with Crippen LogP contribution in [-0.2, 0) is 6.42 Å². The summed E-state index contributed by atoms with van der Waals surface area (Å²) < 4.78 is 1.18. The zero-order valence-electron chi connectivity index (χ0n) is 9.05. The second-order valence-electron chi connectivity index (χ2n) is 3.51. The van der Waals surface area contributed by atoms with Crippen LogP contribution in [0.25, 0.3) is 11.3 Å². The summed E-state index contributed by atoms with van der Waals surface area (Å²) in [5.74, 6) is 0. The molecule has 0 aliphatic carbocycles. The number of nitrogens with zero attached hydrogens (tertiary/aromatic N) is 2. The molecule has 4 nitrogen and oxygen atoms in total. The van der Waals surface area contributed by atoms with Crippen molar-refractivity contribution < 1.29 is 4.79 Å². The lowest BCUT2D eigenvalue weighted by Crippen LogP contribution is -2.19. The zero-order valence-corrected chi connectivity index (χ0v) is 9.05. The average Bonchev–Trinajstić information content (AvgIpc) is 2.74. The van der Waals surface area contributed by atoms with Gasteiger partial charge in [0.05, 0.1) is 5.69 Å². The summed E-state index contributed by atoms with van der Waals surface area (Å²) in [6.45, 7) is 2.02. The Balaban J connectivity index is 2.52. The van der Waals surface area contributed by atoms with Gasteiger partial charge in [0.2, 0.25) is 0 Å². The predicted molar refractivity (Wildman–Crippen MR) is 62.0 cm³/mol. The Morgan fingerprint density at radius 3 is 2.62 bits per heavy atom. The fourth-order valence-corrected chi connectivity index (χ4v) is 1.62. The molecule has 0 aliphatic rings. The van der Waals surface area contributed by atoms with Crippen molar-refractivity contribution in [3.8, 4) is 11.3 Å². The topological polar surface area (TPSA) is 60.9 Å². The molecule has 1 heterocycles. The van der Waals surface area contributed by atoms with E-state index in [9.17, 15) is 4.79 Å². The van der Waals surface area contributed by atoms with E-state index in [1.54, 1.807) is 6.20 Å². The minimum atomic E-state index is -0.558. The highest BCUT2D eigenvalue weighted by Crippen LogP contribution is 2.21. The number of carbonyl (C=O) groups is 1. The van der Waals surface area contributed by atoms with Gasteiger partial charge < -0.3 is 5.73 Å². The maximum Gasteiger partial charge on any atom is 0.339 e. The molecular weight excluding hydrogens is 202 g/mol. The quantitative estimate of drug-likeness (QED) is 0.833. The standard InChI is InChI=1S/C12H13N3O/c1-2-9-8-15(12(13)16)14-11(9)10-6-4-3-5-7-10/h3-8H,2H2,1H3,(H2,13,16). The molecule has 0 atom stereocenters. The van der Waals surface area contributed by atoms with Gasteiger partial charge in [-0.3, -0.25) is 0 Å². The number of hydrogen-bond donors (Lipinski definition) is 1. The lowest BCUT2D eigenvalue weighted by Gasteiger charge is -1.98. The van der Waals surface area contributed by atoms with E-state index in [0.717, 1.165) is 23.2 Å². The number of amides is 1. The van der Waals surface area contributed by atoms with E-state index < -0.39 is 6.03 Å². The van der Waals surface area contributed by atoms with Crippen molar-refractivity contribution in [3.63, 3.8) is 0 Å². The van der Waals surface area contributed by atoms with Gasteiger partial charge in [-0.25, -0.2) is 4.79 Å². The lowest BCUT2D eigenvalue weighted by atomic mass is 10.1. The fraction of sp³-hybridized carbons (Fsp3) is 0.167. The first kappa shape index (κ1) is 10.4. The molecule has 0 fully saturated rings. The van der Waals surface area contributed by atoms with Crippen molar-refractivity contribution in [2.75, 3.05) is 0 Å². The van der Waals surface area contributed by atoms with Crippen molar-refractivity contribution in [2.24, 2.45) is 5.73 Å². The highest BCUT2D eigenvalue weighted by molar-refractivity contribution is 5.75. The number of primary amides is 1. The van der Waals surface area contributed by atoms with Gasteiger partial charge in [-0.1, -0.05) is 37.3 Å². The Morgan fingerprint density at radius 2 is 2.06 bits per heavy atom. The Labute approximate surface area is 93.7 Å². The Bertz CT molecular complexity index is 502. The van der Waals surface area contributed by atoms with Gasteiger partial charge >= 0.3 is 6.03 Å². The molecule has 0 radical (unpaired) electrons. The molecule has 0 unspecified atom stereocenters. The summed E-state index contributed by atoms with van der Waals surface area (Å²) in [5.41, 5.74) is 8.03. The van der Waals surface area contributed by atoms with Gasteiger partial charge in [-0.15, -0.1) is 0 Å². The van der Waals surface area contributed by atoms with Gasteiger partial charge in [0.25, 0.3) is 0 Å². The largest absolute Gasteiger partial charge is 0.350 e. The molecule has 4 heteroatoms. The maximum absolute atomic E-state index is 11.0. The van der Waals surface area contributed by atoms with Gasteiger partial charge in [0.15, 0.2) is 0 Å². The molecule has 1 aromatic heterocycles. The number of aryl methyl sites for hydroxylation is 1. The van der Waals surface area contributed by atoms with Gasteiger partial charge in [0, 0.05) is 11.8 Å². The Morgan fingerprint density at radius 1 is 1.38 bits per heavy atom. The Kier molecular flexibility index (Phi) is 2.72. The smallest absolute Gasteiger partial charge is 0.339 e. The van der Waals surface area contributed by atoms with Gasteiger partial charge in [0.1, 0.15) is 0 Å². The molecule has 0 saturated carbocycles. The molecule has 2 rings (SSSR count). The minimum Gasteiger partial charge on any atom is -0.350 e. The van der Waals surface area contributed by atoms with Crippen molar-refractivity contribution in [2.45, 2.75) is 13.3 Å². The normalized spacial score (nSPS) is 10.3. The first-order valence-electron chi connectivity index (χ1n) is 5.16. The van der Waals surface area contributed by atoms with E-state index >= 15 is 0 Å². The van der Waals surface area contributed by atoms with Crippen molar-refractivity contribution in [1.29, 1.82) is 0 Å². The molecule has 2 N–H and O–H groups in total. The molecule has 0 bridgehead atoms. The molecule has 1 amide bonds. The van der Waals surface area contributed by atoms with Crippen LogP contribution in [0.1, 0.15) is 12.5 Å². The zero-order chi connectivity index (χ0) is 11.5. The first-order valence-corrected chi connectivity index (χ1v) is 5.16. The van der Waals surface area contributed by atoms with Crippen LogP contribution in [-0.4, -0.2) is 15.8 Å². The summed E-state index contributed by atoms with van der Waals surface area (Å²) in [4.78, 5) is 11.0. The van der Waals surface area contributed by atoms with Crippen molar-refractivity contribution >= 4 is 6.03 Å². The molecule has 1 aromatic carbocycles. The van der Waals surface area contributed by atoms with E-state index in [1.165, 1.54) is 4.68 Å². The van der Waals surface area contributed by atoms with Crippen LogP contribution in [0, 0.1) is 0 Å². The number of aromatic nitrogens is 2. The second-order valence-corrected chi connectivity index (χ2v) is 3.51. The third kappa shape index (κ3) is 1.82. The average molecular weight is 215 g/mol. The SMILES string of the molecule is CCc1cn(C(N)=O)nc1-c1ccccc1. The van der Waals surface area contributed by atoms with Crippen LogP contribution in [0.2, 0.25) is 0 Å². The van der Waals surface area contributed by atoms with Crippen LogP contribution in [0.15, 0.2) is 36.5 Å². The molecule has 0 saturated heterocycles.